The third-order valence-electron chi connectivity index (χ3n) is 6.06. The van der Waals surface area contributed by atoms with E-state index in [1.54, 1.807) is 0 Å². The zero-order chi connectivity index (χ0) is 25.2. The van der Waals surface area contributed by atoms with Crippen LogP contribution in [0.25, 0.3) is 21.5 Å². The Bertz CT molecular complexity index is 1370. The van der Waals surface area contributed by atoms with Gasteiger partial charge in [-0.15, -0.1) is 46.2 Å². The van der Waals surface area contributed by atoms with E-state index in [9.17, 15) is 0 Å². The third-order valence-corrected chi connectivity index (χ3v) is 7.48. The van der Waals surface area contributed by atoms with Gasteiger partial charge in [0.2, 0.25) is 0 Å². The number of halogens is 2. The Morgan fingerprint density at radius 1 is 0.711 bits per heavy atom. The zero-order valence-electron chi connectivity index (χ0n) is 21.9. The Hall–Kier alpha value is -2.44. The molecule has 0 saturated carbocycles. The van der Waals surface area contributed by atoms with Crippen molar-refractivity contribution < 1.29 is 49.0 Å². The van der Waals surface area contributed by atoms with E-state index >= 15 is 0 Å². The van der Waals surface area contributed by atoms with Crippen molar-refractivity contribution in [1.29, 1.82) is 0 Å². The average molecular weight is 615 g/mol. The second kappa shape index (κ2) is 16.5. The Morgan fingerprint density at radius 2 is 1.16 bits per heavy atom. The van der Waals surface area contributed by atoms with Crippen molar-refractivity contribution in [3.63, 3.8) is 0 Å². The van der Waals surface area contributed by atoms with Crippen LogP contribution in [0.2, 0.25) is 0 Å². The minimum absolute atomic E-state index is 0. The average Bonchev–Trinajstić information content (AvgIpc) is 3.57. The molecule has 5 aromatic rings. The summed E-state index contributed by atoms with van der Waals surface area (Å²) in [6, 6.07) is 40.4. The Kier molecular flexibility index (Phi) is 13.8. The maximum absolute atomic E-state index is 3.16. The standard InChI is InChI=1S/C13H9.C13H10.C9H13.2ClH.Zr/c1-3-7-12-10(5-1)9-11-6-2-4-8-13(11)12;1-3-7-12(8-4-1)11-13-9-5-2-6-10-13;1-8(2)7-9-5-3-4-6-9;;;/h1-9H;1-10H;5-6,8H,3,7H2,1-2H3;2*1H;/q-1;;-1;;;+2/p-2. The number of benzene rings is 4. The van der Waals surface area contributed by atoms with E-state index in [1.807, 2.05) is 0 Å². The van der Waals surface area contributed by atoms with Gasteiger partial charge < -0.3 is 24.8 Å². The molecule has 0 aromatic heterocycles. The summed E-state index contributed by atoms with van der Waals surface area (Å²) in [6.45, 7) is 4.49. The molecule has 6 rings (SSSR count). The normalized spacial score (nSPS) is 11.4. The summed E-state index contributed by atoms with van der Waals surface area (Å²) in [5, 5.41) is 5.39. The summed E-state index contributed by atoms with van der Waals surface area (Å²) in [4.78, 5) is 0. The monoisotopic (exact) mass is 612 g/mol. The fourth-order valence-corrected chi connectivity index (χ4v) is 5.15. The molecule has 0 amide bonds. The van der Waals surface area contributed by atoms with Gasteiger partial charge in [0, 0.05) is 0 Å². The van der Waals surface area contributed by atoms with E-state index in [0.717, 1.165) is 12.3 Å². The van der Waals surface area contributed by atoms with Gasteiger partial charge >= 0.3 is 99.2 Å². The van der Waals surface area contributed by atoms with Gasteiger partial charge in [-0.2, -0.15) is 6.08 Å². The molecule has 0 N–H and O–H groups in total. The van der Waals surface area contributed by atoms with Crippen LogP contribution in [0.1, 0.15) is 37.8 Å². The molecule has 0 spiro atoms. The van der Waals surface area contributed by atoms with Crippen molar-refractivity contribution in [2.45, 2.75) is 26.7 Å². The number of allylic oxidation sites excluding steroid dienone is 4. The Morgan fingerprint density at radius 3 is 1.58 bits per heavy atom. The van der Waals surface area contributed by atoms with Gasteiger partial charge in [0.25, 0.3) is 0 Å². The summed E-state index contributed by atoms with van der Waals surface area (Å²) in [5.41, 5.74) is 4.12. The zero-order valence-corrected chi connectivity index (χ0v) is 25.8. The van der Waals surface area contributed by atoms with Crippen LogP contribution in [0.4, 0.5) is 0 Å². The fraction of sp³-hybridized carbons (Fsp3) is 0.143. The minimum atomic E-state index is 0. The summed E-state index contributed by atoms with van der Waals surface area (Å²) in [5.74, 6) is 0.785. The predicted octanol–water partition coefficient (Wildman–Crippen LogP) is 3.24. The maximum Gasteiger partial charge on any atom is -0.0771 e. The number of hydrogen-bond acceptors (Lipinski definition) is 0. The van der Waals surface area contributed by atoms with Crippen molar-refractivity contribution in [3.8, 4) is 0 Å². The predicted molar refractivity (Wildman–Crippen MR) is 153 cm³/mol. The van der Waals surface area contributed by atoms with Crippen LogP contribution in [0.5, 0.6) is 0 Å². The van der Waals surface area contributed by atoms with E-state index in [4.69, 9.17) is 0 Å². The van der Waals surface area contributed by atoms with E-state index in [-0.39, 0.29) is 24.8 Å². The molecule has 5 aromatic carbocycles. The first-order valence-electron chi connectivity index (χ1n) is 12.6. The van der Waals surface area contributed by atoms with E-state index in [2.05, 4.69) is 147 Å². The molecule has 0 saturated heterocycles. The van der Waals surface area contributed by atoms with Gasteiger partial charge in [0.05, 0.1) is 0 Å². The smallest absolute Gasteiger partial charge is 0.0771 e. The number of fused-ring (bicyclic) bond motifs is 3. The number of rotatable bonds is 4. The summed E-state index contributed by atoms with van der Waals surface area (Å²) < 4.78 is 1.42. The molecule has 0 fully saturated rings. The van der Waals surface area contributed by atoms with Crippen molar-refractivity contribution in [1.82, 2.24) is 0 Å². The van der Waals surface area contributed by atoms with Gasteiger partial charge in [-0.1, -0.05) is 62.6 Å². The van der Waals surface area contributed by atoms with E-state index < -0.39 is 0 Å². The van der Waals surface area contributed by atoms with Crippen molar-refractivity contribution >= 4 is 24.8 Å². The second-order valence-electron chi connectivity index (χ2n) is 9.36. The molecule has 1 aliphatic carbocycles. The van der Waals surface area contributed by atoms with Crippen LogP contribution in [-0.2, 0) is 24.2 Å². The molecule has 1 aliphatic rings. The molecule has 0 radical (unpaired) electrons. The van der Waals surface area contributed by atoms with Crippen LogP contribution >= 0.6 is 0 Å². The van der Waals surface area contributed by atoms with Crippen molar-refractivity contribution in [2.24, 2.45) is 5.92 Å². The molecule has 0 atom stereocenters. The molecule has 0 nitrogen and oxygen atoms in total. The van der Waals surface area contributed by atoms with Crippen molar-refractivity contribution in [3.05, 3.63) is 150 Å². The molecular formula is C35H32Cl2Zr-2. The van der Waals surface area contributed by atoms with Crippen molar-refractivity contribution in [2.75, 3.05) is 0 Å². The molecule has 0 heterocycles. The molecule has 3 heteroatoms. The molecule has 192 valence electrons. The SMILES string of the molecule is CC(C)CC1=CC[C-]=C1.[Cl-].[Cl-].[Zr+2]=[C](c1ccccc1)c1ccccc1.c1ccc2c(c1)[cH-]c1ccccc12. The van der Waals surface area contributed by atoms with E-state index in [0.29, 0.717) is 0 Å². The molecule has 0 bridgehead atoms. The second-order valence-corrected chi connectivity index (χ2v) is 10.6. The fourth-order valence-electron chi connectivity index (χ4n) is 4.33. The summed E-state index contributed by atoms with van der Waals surface area (Å²) >= 11 is 1.46. The van der Waals surface area contributed by atoms with E-state index in [1.165, 1.54) is 72.1 Å². The Balaban J connectivity index is 0.000000200. The van der Waals surface area contributed by atoms with Gasteiger partial charge in [0.1, 0.15) is 0 Å². The van der Waals surface area contributed by atoms with Crippen LogP contribution in [-0.4, -0.2) is 3.21 Å². The van der Waals surface area contributed by atoms with Gasteiger partial charge in [-0.25, -0.2) is 11.6 Å². The number of hydrogen-bond donors (Lipinski definition) is 0. The topological polar surface area (TPSA) is 0 Å². The summed E-state index contributed by atoms with van der Waals surface area (Å²) in [7, 11) is 0. The van der Waals surface area contributed by atoms with Gasteiger partial charge in [-0.05, 0) is 0 Å². The van der Waals surface area contributed by atoms with Crippen LogP contribution in [0.3, 0.4) is 0 Å². The van der Waals surface area contributed by atoms with Gasteiger partial charge in [0.15, 0.2) is 0 Å². The Labute approximate surface area is 255 Å². The first-order valence-corrected chi connectivity index (χ1v) is 13.8. The quantitative estimate of drug-likeness (QED) is 0.273. The molecule has 0 aliphatic heterocycles. The van der Waals surface area contributed by atoms with Crippen LogP contribution in [0.15, 0.2) is 133 Å². The molecule has 38 heavy (non-hydrogen) atoms. The minimum Gasteiger partial charge on any atom is -0.126 e. The van der Waals surface area contributed by atoms with Gasteiger partial charge in [-0.3, -0.25) is 6.08 Å². The first-order chi connectivity index (χ1) is 17.6. The first kappa shape index (κ1) is 31.8. The largest absolute Gasteiger partial charge is 0.126 e. The third kappa shape index (κ3) is 9.09. The maximum atomic E-state index is 3.16. The summed E-state index contributed by atoms with van der Waals surface area (Å²) in [6.07, 6.45) is 9.77. The van der Waals surface area contributed by atoms with Crippen LogP contribution < -0.4 is 24.8 Å². The molecular weight excluding hydrogens is 583 g/mol. The van der Waals surface area contributed by atoms with Crippen LogP contribution in [0, 0.1) is 12.0 Å². The molecule has 0 unspecified atom stereocenters.